The van der Waals surface area contributed by atoms with E-state index in [4.69, 9.17) is 4.84 Å². The van der Waals surface area contributed by atoms with Crippen molar-refractivity contribution in [2.45, 2.75) is 11.4 Å². The number of phenols is 1. The molecule has 2 aliphatic rings. The summed E-state index contributed by atoms with van der Waals surface area (Å²) in [5, 5.41) is 13.6. The Morgan fingerprint density at radius 2 is 2.18 bits per heavy atom. The first kappa shape index (κ1) is 10.3. The van der Waals surface area contributed by atoms with E-state index in [0.29, 0.717) is 11.3 Å². The Kier molecular flexibility index (Phi) is 2.03. The van der Waals surface area contributed by atoms with E-state index >= 15 is 0 Å². The lowest BCUT2D eigenvalue weighted by Gasteiger charge is -2.09. The maximum atomic E-state index is 11.8. The van der Waals surface area contributed by atoms with E-state index in [1.54, 1.807) is 12.1 Å². The molecule has 2 unspecified atom stereocenters. The molecular weight excluding hydrogens is 242 g/mol. The Balaban J connectivity index is 2.06. The van der Waals surface area contributed by atoms with Crippen LogP contribution in [-0.2, 0) is 14.7 Å². The Labute approximate surface area is 97.9 Å². The van der Waals surface area contributed by atoms with Gasteiger partial charge < -0.3 is 9.94 Å². The Morgan fingerprint density at radius 3 is 2.94 bits per heavy atom. The summed E-state index contributed by atoms with van der Waals surface area (Å²) in [5.41, 5.74) is 0.903. The molecule has 2 aliphatic heterocycles. The van der Waals surface area contributed by atoms with Gasteiger partial charge in [-0.2, -0.15) is 0 Å². The highest BCUT2D eigenvalue weighted by Gasteiger charge is 2.46. The predicted molar refractivity (Wildman–Crippen MR) is 61.4 cm³/mol. The van der Waals surface area contributed by atoms with Crippen molar-refractivity contribution in [2.75, 3.05) is 0 Å². The fourth-order valence-electron chi connectivity index (χ4n) is 2.01. The van der Waals surface area contributed by atoms with Gasteiger partial charge in [-0.25, -0.2) is 8.42 Å². The van der Waals surface area contributed by atoms with Crippen molar-refractivity contribution < 1.29 is 18.4 Å². The third-order valence-corrected chi connectivity index (χ3v) is 4.53. The van der Waals surface area contributed by atoms with Gasteiger partial charge in [0.15, 0.2) is 21.2 Å². The van der Waals surface area contributed by atoms with Gasteiger partial charge in [0.2, 0.25) is 0 Å². The molecule has 1 aromatic carbocycles. The molecule has 0 saturated heterocycles. The number of rotatable bonds is 1. The molecule has 0 bridgehead atoms. The predicted octanol–water partition coefficient (Wildman–Crippen LogP) is 0.806. The van der Waals surface area contributed by atoms with Crippen LogP contribution in [0.3, 0.4) is 0 Å². The first-order valence-corrected chi connectivity index (χ1v) is 6.64. The minimum Gasteiger partial charge on any atom is -0.508 e. The second-order valence-corrected chi connectivity index (χ2v) is 5.89. The van der Waals surface area contributed by atoms with E-state index < -0.39 is 21.2 Å². The zero-order chi connectivity index (χ0) is 12.0. The summed E-state index contributed by atoms with van der Waals surface area (Å²) in [7, 11) is -3.35. The van der Waals surface area contributed by atoms with Crippen molar-refractivity contribution in [3.8, 4) is 5.75 Å². The normalized spacial score (nSPS) is 28.6. The van der Waals surface area contributed by atoms with Crippen molar-refractivity contribution in [3.05, 3.63) is 41.3 Å². The van der Waals surface area contributed by atoms with E-state index in [9.17, 15) is 13.5 Å². The average molecular weight is 251 g/mol. The van der Waals surface area contributed by atoms with E-state index in [-0.39, 0.29) is 5.75 Å². The Hall–Kier alpha value is -1.82. The second kappa shape index (κ2) is 3.33. The van der Waals surface area contributed by atoms with Gasteiger partial charge >= 0.3 is 0 Å². The molecule has 0 radical (unpaired) electrons. The van der Waals surface area contributed by atoms with Crippen LogP contribution in [-0.4, -0.2) is 30.6 Å². The molecular formula is C11H9NO4S. The molecule has 0 saturated carbocycles. The SMILES string of the molecule is O=S1(=O)C=CC2ON=C(c3cccc(O)c3)C21. The van der Waals surface area contributed by atoms with Gasteiger partial charge in [-0.1, -0.05) is 17.3 Å². The molecule has 6 heteroatoms. The molecule has 2 atom stereocenters. The number of nitrogens with zero attached hydrogens (tertiary/aromatic N) is 1. The summed E-state index contributed by atoms with van der Waals surface area (Å²) in [6.45, 7) is 0. The molecule has 2 heterocycles. The van der Waals surface area contributed by atoms with Crippen molar-refractivity contribution in [1.82, 2.24) is 0 Å². The molecule has 1 N–H and O–H groups in total. The molecule has 3 rings (SSSR count). The third-order valence-electron chi connectivity index (χ3n) is 2.79. The maximum absolute atomic E-state index is 11.8. The monoisotopic (exact) mass is 251 g/mol. The smallest absolute Gasteiger partial charge is 0.184 e. The van der Waals surface area contributed by atoms with Gasteiger partial charge in [0, 0.05) is 11.0 Å². The summed E-state index contributed by atoms with van der Waals surface area (Å²) in [4.78, 5) is 5.06. The maximum Gasteiger partial charge on any atom is 0.184 e. The first-order valence-electron chi connectivity index (χ1n) is 5.03. The lowest BCUT2D eigenvalue weighted by molar-refractivity contribution is 0.123. The lowest BCUT2D eigenvalue weighted by Crippen LogP contribution is -2.31. The van der Waals surface area contributed by atoms with Gasteiger partial charge in [0.1, 0.15) is 11.5 Å². The van der Waals surface area contributed by atoms with E-state index in [1.165, 1.54) is 18.2 Å². The van der Waals surface area contributed by atoms with Gasteiger partial charge in [-0.15, -0.1) is 0 Å². The Morgan fingerprint density at radius 1 is 1.35 bits per heavy atom. The summed E-state index contributed by atoms with van der Waals surface area (Å²) in [6, 6.07) is 6.31. The molecule has 0 aromatic heterocycles. The highest BCUT2D eigenvalue weighted by Crippen LogP contribution is 2.30. The highest BCUT2D eigenvalue weighted by atomic mass is 32.2. The highest BCUT2D eigenvalue weighted by molar-refractivity contribution is 7.96. The number of fused-ring (bicyclic) bond motifs is 1. The fourth-order valence-corrected chi connectivity index (χ4v) is 3.56. The van der Waals surface area contributed by atoms with Crippen molar-refractivity contribution in [2.24, 2.45) is 5.16 Å². The van der Waals surface area contributed by atoms with Crippen molar-refractivity contribution >= 4 is 15.5 Å². The molecule has 0 aliphatic carbocycles. The number of aromatic hydroxyl groups is 1. The van der Waals surface area contributed by atoms with E-state index in [1.807, 2.05) is 0 Å². The molecule has 17 heavy (non-hydrogen) atoms. The number of benzene rings is 1. The van der Waals surface area contributed by atoms with Gasteiger partial charge in [0.25, 0.3) is 0 Å². The molecule has 88 valence electrons. The minimum absolute atomic E-state index is 0.0667. The van der Waals surface area contributed by atoms with Crippen LogP contribution < -0.4 is 0 Å². The summed E-state index contributed by atoms with van der Waals surface area (Å²) >= 11 is 0. The molecule has 0 spiro atoms. The average Bonchev–Trinajstić information content (AvgIpc) is 2.81. The van der Waals surface area contributed by atoms with Gasteiger partial charge in [-0.05, 0) is 18.2 Å². The van der Waals surface area contributed by atoms with Crippen LogP contribution in [0.5, 0.6) is 5.75 Å². The largest absolute Gasteiger partial charge is 0.508 e. The fraction of sp³-hybridized carbons (Fsp3) is 0.182. The lowest BCUT2D eigenvalue weighted by atomic mass is 10.0. The number of sulfone groups is 1. The van der Waals surface area contributed by atoms with Crippen LogP contribution in [0.15, 0.2) is 40.9 Å². The van der Waals surface area contributed by atoms with Crippen molar-refractivity contribution in [3.63, 3.8) is 0 Å². The topological polar surface area (TPSA) is 76.0 Å². The van der Waals surface area contributed by atoms with E-state index in [2.05, 4.69) is 5.16 Å². The van der Waals surface area contributed by atoms with Crippen LogP contribution >= 0.6 is 0 Å². The van der Waals surface area contributed by atoms with Gasteiger partial charge in [0.05, 0.1) is 0 Å². The number of phenolic OH excluding ortho intramolecular Hbond substituents is 1. The van der Waals surface area contributed by atoms with Gasteiger partial charge in [-0.3, -0.25) is 0 Å². The molecule has 5 nitrogen and oxygen atoms in total. The first-order chi connectivity index (χ1) is 8.08. The van der Waals surface area contributed by atoms with Crippen LogP contribution in [0.4, 0.5) is 0 Å². The quantitative estimate of drug-likeness (QED) is 0.801. The summed E-state index contributed by atoms with van der Waals surface area (Å²) in [5.74, 6) is 0.0667. The van der Waals surface area contributed by atoms with Crippen molar-refractivity contribution in [1.29, 1.82) is 0 Å². The van der Waals surface area contributed by atoms with Crippen LogP contribution in [0.25, 0.3) is 0 Å². The molecule has 0 fully saturated rings. The number of hydrogen-bond donors (Lipinski definition) is 1. The van der Waals surface area contributed by atoms with Crippen LogP contribution in [0.1, 0.15) is 5.56 Å². The zero-order valence-corrected chi connectivity index (χ0v) is 9.46. The third kappa shape index (κ3) is 1.52. The molecule has 1 aromatic rings. The summed E-state index contributed by atoms with van der Waals surface area (Å²) in [6.07, 6.45) is 0.941. The van der Waals surface area contributed by atoms with Crippen LogP contribution in [0.2, 0.25) is 0 Å². The minimum atomic E-state index is -3.35. The second-order valence-electron chi connectivity index (χ2n) is 3.94. The number of hydrogen-bond acceptors (Lipinski definition) is 5. The summed E-state index contributed by atoms with van der Waals surface area (Å²) < 4.78 is 23.6. The zero-order valence-electron chi connectivity index (χ0n) is 8.65. The standard InChI is InChI=1S/C11H9NO4S/c13-8-3-1-2-7(6-8)10-11-9(16-12-10)4-5-17(11,14)15/h1-6,9,11,13H. The van der Waals surface area contributed by atoms with E-state index in [0.717, 1.165) is 5.41 Å². The number of oxime groups is 1. The Bertz CT molecular complexity index is 633. The molecule has 0 amide bonds. The van der Waals surface area contributed by atoms with Crippen LogP contribution in [0, 0.1) is 0 Å².